The molecule has 1 aliphatic rings. The maximum absolute atomic E-state index is 12.8. The third-order valence-corrected chi connectivity index (χ3v) is 5.16. The highest BCUT2D eigenvalue weighted by Gasteiger charge is 2.29. The largest absolute Gasteiger partial charge is 0.493 e. The average molecular weight is 380 g/mol. The maximum Gasteiger partial charge on any atom is 0.247 e. The Balaban J connectivity index is 1.74. The van der Waals surface area contributed by atoms with Gasteiger partial charge in [-0.25, -0.2) is 0 Å². The predicted molar refractivity (Wildman–Crippen MR) is 113 cm³/mol. The molecule has 148 valence electrons. The van der Waals surface area contributed by atoms with Crippen LogP contribution in [0.2, 0.25) is 0 Å². The minimum Gasteiger partial charge on any atom is -0.493 e. The quantitative estimate of drug-likeness (QED) is 0.706. The van der Waals surface area contributed by atoms with Gasteiger partial charge in [-0.1, -0.05) is 18.2 Å². The van der Waals surface area contributed by atoms with Crippen molar-refractivity contribution >= 4 is 17.7 Å². The molecule has 3 rings (SSSR count). The summed E-state index contributed by atoms with van der Waals surface area (Å²) >= 11 is 0. The molecule has 0 N–H and O–H groups in total. The van der Waals surface area contributed by atoms with E-state index in [4.69, 9.17) is 9.47 Å². The number of hydrogen-bond donors (Lipinski definition) is 0. The van der Waals surface area contributed by atoms with Gasteiger partial charge in [0.1, 0.15) is 0 Å². The molecule has 5 nitrogen and oxygen atoms in total. The summed E-state index contributed by atoms with van der Waals surface area (Å²) in [4.78, 5) is 16.8. The van der Waals surface area contributed by atoms with Gasteiger partial charge < -0.3 is 19.3 Å². The third-order valence-electron chi connectivity index (χ3n) is 5.16. The molecule has 0 saturated carbocycles. The van der Waals surface area contributed by atoms with Crippen LogP contribution in [0.3, 0.4) is 0 Å². The second kappa shape index (κ2) is 8.83. The van der Waals surface area contributed by atoms with Crippen molar-refractivity contribution in [3.63, 3.8) is 0 Å². The van der Waals surface area contributed by atoms with Crippen LogP contribution in [0.15, 0.2) is 48.5 Å². The van der Waals surface area contributed by atoms with E-state index < -0.39 is 0 Å². The number of ether oxygens (including phenoxy) is 2. The van der Waals surface area contributed by atoms with Crippen LogP contribution in [0.25, 0.3) is 6.08 Å². The number of amides is 1. The van der Waals surface area contributed by atoms with Crippen molar-refractivity contribution in [1.29, 1.82) is 0 Å². The van der Waals surface area contributed by atoms with Gasteiger partial charge in [0, 0.05) is 32.4 Å². The lowest BCUT2D eigenvalue weighted by atomic mass is 10.0. The summed E-state index contributed by atoms with van der Waals surface area (Å²) in [6, 6.07) is 14.1. The minimum atomic E-state index is 0.0361. The van der Waals surface area contributed by atoms with Crippen molar-refractivity contribution in [3.8, 4) is 11.5 Å². The monoisotopic (exact) mass is 380 g/mol. The van der Waals surface area contributed by atoms with Crippen LogP contribution in [-0.2, 0) is 4.79 Å². The summed E-state index contributed by atoms with van der Waals surface area (Å²) in [6.07, 6.45) is 5.50. The molecule has 1 saturated heterocycles. The number of hydrogen-bond acceptors (Lipinski definition) is 4. The van der Waals surface area contributed by atoms with E-state index in [1.165, 1.54) is 0 Å². The highest BCUT2D eigenvalue weighted by Crippen LogP contribution is 2.37. The highest BCUT2D eigenvalue weighted by molar-refractivity contribution is 5.92. The molecule has 0 aliphatic carbocycles. The normalized spacial score (nSPS) is 16.4. The first kappa shape index (κ1) is 19.8. The topological polar surface area (TPSA) is 42.0 Å². The van der Waals surface area contributed by atoms with E-state index in [0.717, 1.165) is 36.2 Å². The molecular weight excluding hydrogens is 352 g/mol. The van der Waals surface area contributed by atoms with Gasteiger partial charge in [0.15, 0.2) is 11.5 Å². The second-order valence-electron chi connectivity index (χ2n) is 7.12. The van der Waals surface area contributed by atoms with Crippen LogP contribution in [0.1, 0.15) is 30.0 Å². The van der Waals surface area contributed by atoms with E-state index in [1.54, 1.807) is 20.3 Å². The lowest BCUT2D eigenvalue weighted by Crippen LogP contribution is -2.28. The van der Waals surface area contributed by atoms with Crippen LogP contribution >= 0.6 is 0 Å². The summed E-state index contributed by atoms with van der Waals surface area (Å²) in [5.74, 6) is 1.42. The molecule has 1 aliphatic heterocycles. The predicted octanol–water partition coefficient (Wildman–Crippen LogP) is 4.15. The Kier molecular flexibility index (Phi) is 6.24. The van der Waals surface area contributed by atoms with Gasteiger partial charge in [-0.2, -0.15) is 0 Å². The van der Waals surface area contributed by atoms with Crippen molar-refractivity contribution in [3.05, 3.63) is 59.7 Å². The number of carbonyl (C=O) groups is 1. The van der Waals surface area contributed by atoms with Crippen LogP contribution in [0, 0.1) is 0 Å². The van der Waals surface area contributed by atoms with Crippen LogP contribution < -0.4 is 14.4 Å². The van der Waals surface area contributed by atoms with Crippen LogP contribution in [-0.4, -0.2) is 45.7 Å². The molecule has 5 heteroatoms. The van der Waals surface area contributed by atoms with Gasteiger partial charge in [0.25, 0.3) is 0 Å². The van der Waals surface area contributed by atoms with E-state index in [2.05, 4.69) is 4.90 Å². The lowest BCUT2D eigenvalue weighted by molar-refractivity contribution is -0.126. The molecule has 1 atom stereocenters. The molecule has 28 heavy (non-hydrogen) atoms. The number of carbonyl (C=O) groups excluding carboxylic acids is 1. The summed E-state index contributed by atoms with van der Waals surface area (Å²) in [7, 11) is 7.27. The molecule has 1 unspecified atom stereocenters. The van der Waals surface area contributed by atoms with E-state index in [0.29, 0.717) is 11.5 Å². The summed E-state index contributed by atoms with van der Waals surface area (Å²) in [5, 5.41) is 0. The molecule has 2 aromatic rings. The average Bonchev–Trinajstić information content (AvgIpc) is 3.21. The molecule has 0 bridgehead atoms. The smallest absolute Gasteiger partial charge is 0.247 e. The first-order valence-electron chi connectivity index (χ1n) is 9.51. The van der Waals surface area contributed by atoms with E-state index >= 15 is 0 Å². The Labute approximate surface area is 167 Å². The summed E-state index contributed by atoms with van der Waals surface area (Å²) in [5.41, 5.74) is 3.23. The fourth-order valence-electron chi connectivity index (χ4n) is 3.58. The Morgan fingerprint density at radius 3 is 2.43 bits per heavy atom. The van der Waals surface area contributed by atoms with Gasteiger partial charge in [-0.05, 0) is 54.3 Å². The fourth-order valence-corrected chi connectivity index (χ4v) is 3.58. The van der Waals surface area contributed by atoms with Crippen molar-refractivity contribution in [2.45, 2.75) is 18.9 Å². The third kappa shape index (κ3) is 4.30. The van der Waals surface area contributed by atoms with Crippen LogP contribution in [0.5, 0.6) is 11.5 Å². The minimum absolute atomic E-state index is 0.0361. The first-order valence-corrected chi connectivity index (χ1v) is 9.51. The highest BCUT2D eigenvalue weighted by atomic mass is 16.5. The standard InChI is InChI=1S/C23H28N2O3/c1-24(2)19-11-7-17(8-12-19)9-14-23(26)25-15-5-6-20(25)18-10-13-21(27-3)22(16-18)28-4/h7-14,16,20H,5-6,15H2,1-4H3/b14-9+. The number of rotatable bonds is 6. The number of benzene rings is 2. The Morgan fingerprint density at radius 1 is 1.07 bits per heavy atom. The molecule has 1 fully saturated rings. The number of nitrogens with zero attached hydrogens (tertiary/aromatic N) is 2. The Morgan fingerprint density at radius 2 is 1.79 bits per heavy atom. The molecule has 0 spiro atoms. The van der Waals surface area contributed by atoms with Crippen molar-refractivity contribution in [1.82, 2.24) is 4.90 Å². The Hall–Kier alpha value is -2.95. The molecule has 0 aromatic heterocycles. The number of methoxy groups -OCH3 is 2. The SMILES string of the molecule is COc1ccc(C2CCCN2C(=O)/C=C/c2ccc(N(C)C)cc2)cc1OC. The number of anilines is 1. The zero-order chi connectivity index (χ0) is 20.1. The zero-order valence-corrected chi connectivity index (χ0v) is 17.0. The van der Waals surface area contributed by atoms with Gasteiger partial charge in [-0.15, -0.1) is 0 Å². The van der Waals surface area contributed by atoms with Crippen molar-refractivity contribution in [2.75, 3.05) is 39.8 Å². The zero-order valence-electron chi connectivity index (χ0n) is 17.0. The lowest BCUT2D eigenvalue weighted by Gasteiger charge is -2.24. The Bertz CT molecular complexity index is 843. The van der Waals surface area contributed by atoms with Crippen molar-refractivity contribution < 1.29 is 14.3 Å². The van der Waals surface area contributed by atoms with E-state index in [1.807, 2.05) is 67.5 Å². The van der Waals surface area contributed by atoms with Gasteiger partial charge in [0.2, 0.25) is 5.91 Å². The second-order valence-corrected chi connectivity index (χ2v) is 7.12. The molecule has 0 radical (unpaired) electrons. The fraction of sp³-hybridized carbons (Fsp3) is 0.348. The van der Waals surface area contributed by atoms with Gasteiger partial charge in [0.05, 0.1) is 20.3 Å². The molecule has 1 heterocycles. The molecule has 2 aromatic carbocycles. The molecular formula is C23H28N2O3. The first-order chi connectivity index (χ1) is 13.5. The van der Waals surface area contributed by atoms with E-state index in [-0.39, 0.29) is 11.9 Å². The number of likely N-dealkylation sites (tertiary alicyclic amines) is 1. The van der Waals surface area contributed by atoms with Gasteiger partial charge in [-0.3, -0.25) is 4.79 Å². The molecule has 1 amide bonds. The summed E-state index contributed by atoms with van der Waals surface area (Å²) in [6.45, 7) is 0.766. The maximum atomic E-state index is 12.8. The summed E-state index contributed by atoms with van der Waals surface area (Å²) < 4.78 is 10.7. The van der Waals surface area contributed by atoms with E-state index in [9.17, 15) is 4.79 Å². The van der Waals surface area contributed by atoms with Crippen molar-refractivity contribution in [2.24, 2.45) is 0 Å². The van der Waals surface area contributed by atoms with Crippen LogP contribution in [0.4, 0.5) is 5.69 Å². The van der Waals surface area contributed by atoms with Gasteiger partial charge >= 0.3 is 0 Å².